The number of aromatic nitrogens is 1. The molecule has 2 aromatic rings. The average Bonchev–Trinajstić information content (AvgIpc) is 3.18. The number of methoxy groups -OCH3 is 1. The molecule has 2 aliphatic rings. The van der Waals surface area contributed by atoms with E-state index in [0.29, 0.717) is 12.9 Å². The Morgan fingerprint density at radius 2 is 2.08 bits per heavy atom. The fraction of sp³-hybridized carbons (Fsp3) is 0.450. The van der Waals surface area contributed by atoms with Crippen LogP contribution in [0.1, 0.15) is 24.0 Å². The van der Waals surface area contributed by atoms with Crippen LogP contribution in [0.2, 0.25) is 0 Å². The van der Waals surface area contributed by atoms with Crippen LogP contribution in [0.5, 0.6) is 11.5 Å². The Bertz CT molecular complexity index is 745. The van der Waals surface area contributed by atoms with E-state index in [-0.39, 0.29) is 0 Å². The maximum Gasteiger partial charge on any atom is 0.231 e. The Balaban J connectivity index is 1.34. The Morgan fingerprint density at radius 1 is 1.19 bits per heavy atom. The highest BCUT2D eigenvalue weighted by Crippen LogP contribution is 2.35. The molecule has 1 aromatic heterocycles. The molecule has 2 aliphatic heterocycles. The first-order chi connectivity index (χ1) is 12.8. The van der Waals surface area contributed by atoms with E-state index in [1.54, 1.807) is 7.11 Å². The molecule has 6 heteroatoms. The third-order valence-corrected chi connectivity index (χ3v) is 5.03. The standard InChI is InChI=1S/C20H25N3O3/c1-24-17-6-9-23(10-7-17)19-11-15(5-8-22-19)12-21-13-16-3-2-4-18-20(16)26-14-25-18/h2-5,8,11,17,21H,6-7,9-10,12-14H2,1H3. The third-order valence-electron chi connectivity index (χ3n) is 5.03. The van der Waals surface area contributed by atoms with Crippen LogP contribution in [-0.2, 0) is 17.8 Å². The van der Waals surface area contributed by atoms with Gasteiger partial charge in [0.1, 0.15) is 5.82 Å². The highest BCUT2D eigenvalue weighted by molar-refractivity contribution is 5.48. The number of piperidine rings is 1. The molecule has 1 saturated heterocycles. The van der Waals surface area contributed by atoms with Gasteiger partial charge in [-0.25, -0.2) is 4.98 Å². The van der Waals surface area contributed by atoms with Gasteiger partial charge in [0, 0.05) is 45.0 Å². The highest BCUT2D eigenvalue weighted by Gasteiger charge is 2.20. The second-order valence-corrected chi connectivity index (χ2v) is 6.70. The van der Waals surface area contributed by atoms with Gasteiger partial charge in [0.15, 0.2) is 11.5 Å². The van der Waals surface area contributed by atoms with Crippen LogP contribution in [0.4, 0.5) is 5.82 Å². The summed E-state index contributed by atoms with van der Waals surface area (Å²) in [7, 11) is 1.80. The number of benzene rings is 1. The smallest absolute Gasteiger partial charge is 0.231 e. The van der Waals surface area contributed by atoms with Crippen LogP contribution in [0.25, 0.3) is 0 Å². The van der Waals surface area contributed by atoms with Gasteiger partial charge in [0.2, 0.25) is 6.79 Å². The van der Waals surface area contributed by atoms with Crippen molar-refractivity contribution in [2.75, 3.05) is 31.9 Å². The molecule has 0 spiro atoms. The second kappa shape index (κ2) is 7.93. The lowest BCUT2D eigenvalue weighted by Gasteiger charge is -2.32. The molecule has 0 amide bonds. The monoisotopic (exact) mass is 355 g/mol. The zero-order chi connectivity index (χ0) is 17.8. The van der Waals surface area contributed by atoms with Crippen molar-refractivity contribution in [3.05, 3.63) is 47.7 Å². The van der Waals surface area contributed by atoms with Crippen molar-refractivity contribution in [3.63, 3.8) is 0 Å². The largest absolute Gasteiger partial charge is 0.454 e. The van der Waals surface area contributed by atoms with Crippen molar-refractivity contribution in [1.29, 1.82) is 0 Å². The molecule has 0 radical (unpaired) electrons. The van der Waals surface area contributed by atoms with Gasteiger partial charge in [0.05, 0.1) is 6.10 Å². The van der Waals surface area contributed by atoms with E-state index < -0.39 is 0 Å². The third kappa shape index (κ3) is 3.76. The first-order valence-electron chi connectivity index (χ1n) is 9.14. The lowest BCUT2D eigenvalue weighted by Crippen LogP contribution is -2.37. The van der Waals surface area contributed by atoms with Crippen molar-refractivity contribution in [2.24, 2.45) is 0 Å². The van der Waals surface area contributed by atoms with Crippen molar-refractivity contribution < 1.29 is 14.2 Å². The number of hydrogen-bond donors (Lipinski definition) is 1. The van der Waals surface area contributed by atoms with Gasteiger partial charge in [0.25, 0.3) is 0 Å². The van der Waals surface area contributed by atoms with Gasteiger partial charge in [-0.2, -0.15) is 0 Å². The molecular weight excluding hydrogens is 330 g/mol. The highest BCUT2D eigenvalue weighted by atomic mass is 16.7. The zero-order valence-electron chi connectivity index (χ0n) is 15.1. The van der Waals surface area contributed by atoms with E-state index >= 15 is 0 Å². The van der Waals surface area contributed by atoms with Crippen LogP contribution in [0, 0.1) is 0 Å². The topological polar surface area (TPSA) is 55.9 Å². The Morgan fingerprint density at radius 3 is 2.92 bits per heavy atom. The van der Waals surface area contributed by atoms with E-state index in [1.807, 2.05) is 18.3 Å². The molecule has 0 bridgehead atoms. The molecule has 26 heavy (non-hydrogen) atoms. The first-order valence-corrected chi connectivity index (χ1v) is 9.14. The molecule has 6 nitrogen and oxygen atoms in total. The molecule has 4 rings (SSSR count). The van der Waals surface area contributed by atoms with Gasteiger partial charge in [-0.1, -0.05) is 12.1 Å². The molecule has 0 aliphatic carbocycles. The Labute approximate surface area is 154 Å². The number of anilines is 1. The lowest BCUT2D eigenvalue weighted by molar-refractivity contribution is 0.0818. The second-order valence-electron chi connectivity index (χ2n) is 6.70. The molecular formula is C20H25N3O3. The Hall–Kier alpha value is -2.31. The summed E-state index contributed by atoms with van der Waals surface area (Å²) in [4.78, 5) is 6.89. The summed E-state index contributed by atoms with van der Waals surface area (Å²) in [5, 5.41) is 3.49. The van der Waals surface area contributed by atoms with Crippen LogP contribution in [0.3, 0.4) is 0 Å². The number of nitrogens with one attached hydrogen (secondary N) is 1. The Kier molecular flexibility index (Phi) is 5.22. The predicted octanol–water partition coefficient (Wildman–Crippen LogP) is 2.72. The summed E-state index contributed by atoms with van der Waals surface area (Å²) in [6.07, 6.45) is 4.39. The van der Waals surface area contributed by atoms with Crippen LogP contribution < -0.4 is 19.7 Å². The van der Waals surface area contributed by atoms with E-state index in [4.69, 9.17) is 14.2 Å². The fourth-order valence-corrected chi connectivity index (χ4v) is 3.54. The molecule has 138 valence electrons. The molecule has 0 unspecified atom stereocenters. The van der Waals surface area contributed by atoms with E-state index in [2.05, 4.69) is 33.4 Å². The van der Waals surface area contributed by atoms with Crippen molar-refractivity contribution in [3.8, 4) is 11.5 Å². The molecule has 1 N–H and O–H groups in total. The quantitative estimate of drug-likeness (QED) is 0.860. The number of hydrogen-bond acceptors (Lipinski definition) is 6. The van der Waals surface area contributed by atoms with Crippen LogP contribution in [0.15, 0.2) is 36.5 Å². The maximum absolute atomic E-state index is 5.56. The lowest BCUT2D eigenvalue weighted by atomic mass is 10.1. The van der Waals surface area contributed by atoms with E-state index in [9.17, 15) is 0 Å². The zero-order valence-corrected chi connectivity index (χ0v) is 15.1. The molecule has 0 saturated carbocycles. The SMILES string of the molecule is COC1CCN(c2cc(CNCc3cccc4c3OCO4)ccn2)CC1. The average molecular weight is 355 g/mol. The van der Waals surface area contributed by atoms with Gasteiger partial charge < -0.3 is 24.4 Å². The first kappa shape index (κ1) is 17.1. The number of ether oxygens (including phenoxy) is 3. The number of fused-ring (bicyclic) bond motifs is 1. The molecule has 1 aromatic carbocycles. The van der Waals surface area contributed by atoms with Gasteiger partial charge in [-0.05, 0) is 36.6 Å². The summed E-state index contributed by atoms with van der Waals surface area (Å²) < 4.78 is 16.4. The maximum atomic E-state index is 5.56. The minimum Gasteiger partial charge on any atom is -0.454 e. The number of rotatable bonds is 6. The molecule has 1 fully saturated rings. The molecule has 0 atom stereocenters. The summed E-state index contributed by atoms with van der Waals surface area (Å²) in [5.41, 5.74) is 2.35. The van der Waals surface area contributed by atoms with Crippen molar-refractivity contribution >= 4 is 5.82 Å². The van der Waals surface area contributed by atoms with Gasteiger partial charge in [-0.3, -0.25) is 0 Å². The number of para-hydroxylation sites is 1. The van der Waals surface area contributed by atoms with Gasteiger partial charge >= 0.3 is 0 Å². The van der Waals surface area contributed by atoms with E-state index in [1.165, 1.54) is 5.56 Å². The summed E-state index contributed by atoms with van der Waals surface area (Å²) >= 11 is 0. The summed E-state index contributed by atoms with van der Waals surface area (Å²) in [6.45, 7) is 3.82. The fourth-order valence-electron chi connectivity index (χ4n) is 3.54. The van der Waals surface area contributed by atoms with Crippen LogP contribution in [-0.4, -0.2) is 38.1 Å². The number of nitrogens with zero attached hydrogens (tertiary/aromatic N) is 2. The summed E-state index contributed by atoms with van der Waals surface area (Å²) in [5.74, 6) is 2.74. The number of pyridine rings is 1. The summed E-state index contributed by atoms with van der Waals surface area (Å²) in [6, 6.07) is 10.2. The minimum atomic E-state index is 0.305. The molecule has 3 heterocycles. The van der Waals surface area contributed by atoms with Crippen molar-refractivity contribution in [2.45, 2.75) is 32.0 Å². The predicted molar refractivity (Wildman–Crippen MR) is 99.6 cm³/mol. The minimum absolute atomic E-state index is 0.305. The normalized spacial score (nSPS) is 16.9. The van der Waals surface area contributed by atoms with Crippen LogP contribution >= 0.6 is 0 Å². The van der Waals surface area contributed by atoms with Gasteiger partial charge in [-0.15, -0.1) is 0 Å². The van der Waals surface area contributed by atoms with Crippen molar-refractivity contribution in [1.82, 2.24) is 10.3 Å². The van der Waals surface area contributed by atoms with E-state index in [0.717, 1.165) is 61.9 Å².